The van der Waals surface area contributed by atoms with E-state index in [1.54, 1.807) is 0 Å². The van der Waals surface area contributed by atoms with Gasteiger partial charge in [-0.15, -0.1) is 11.3 Å². The zero-order chi connectivity index (χ0) is 22.3. The van der Waals surface area contributed by atoms with Crippen molar-refractivity contribution in [1.82, 2.24) is 9.88 Å². The Labute approximate surface area is 192 Å². The average molecular weight is 449 g/mol. The monoisotopic (exact) mass is 448 g/mol. The molecule has 0 aliphatic carbocycles. The zero-order valence-electron chi connectivity index (χ0n) is 18.2. The molecule has 0 bridgehead atoms. The van der Waals surface area contributed by atoms with Gasteiger partial charge in [0.15, 0.2) is 5.13 Å². The van der Waals surface area contributed by atoms with Gasteiger partial charge in [-0.3, -0.25) is 14.5 Å². The molecule has 1 saturated heterocycles. The van der Waals surface area contributed by atoms with E-state index in [2.05, 4.69) is 15.2 Å². The highest BCUT2D eigenvalue weighted by atomic mass is 32.1. The molecular weight excluding hydrogens is 420 g/mol. The van der Waals surface area contributed by atoms with Crippen molar-refractivity contribution in [3.05, 3.63) is 77.3 Å². The van der Waals surface area contributed by atoms with Gasteiger partial charge in [0.2, 0.25) is 11.8 Å². The molecule has 1 aliphatic rings. The first-order valence-corrected chi connectivity index (χ1v) is 11.8. The molecule has 32 heavy (non-hydrogen) atoms. The van der Waals surface area contributed by atoms with Crippen molar-refractivity contribution < 1.29 is 9.59 Å². The summed E-state index contributed by atoms with van der Waals surface area (Å²) >= 11 is 1.45. The molecule has 1 aromatic heterocycles. The molecule has 1 aliphatic heterocycles. The Hall–Kier alpha value is -3.03. The molecule has 0 atom stereocenters. The van der Waals surface area contributed by atoms with E-state index < -0.39 is 0 Å². The molecule has 166 valence electrons. The normalized spacial score (nSPS) is 14.8. The second kappa shape index (κ2) is 10.5. The summed E-state index contributed by atoms with van der Waals surface area (Å²) in [6, 6.07) is 19.8. The third kappa shape index (κ3) is 5.81. The molecule has 1 N–H and O–H groups in total. The molecule has 4 rings (SSSR count). The van der Waals surface area contributed by atoms with Crippen LogP contribution in [0.25, 0.3) is 0 Å². The Morgan fingerprint density at radius 3 is 2.34 bits per heavy atom. The molecule has 0 radical (unpaired) electrons. The van der Waals surface area contributed by atoms with E-state index in [1.807, 2.05) is 77.9 Å². The first kappa shape index (κ1) is 22.2. The predicted octanol–water partition coefficient (Wildman–Crippen LogP) is 4.34. The summed E-state index contributed by atoms with van der Waals surface area (Å²) in [4.78, 5) is 34.1. The van der Waals surface area contributed by atoms with Gasteiger partial charge in [-0.25, -0.2) is 4.98 Å². The number of thiazole rings is 1. The second-order valence-electron chi connectivity index (χ2n) is 8.13. The highest BCUT2D eigenvalue weighted by molar-refractivity contribution is 7.13. The van der Waals surface area contributed by atoms with Gasteiger partial charge in [-0.1, -0.05) is 48.5 Å². The lowest BCUT2D eigenvalue weighted by Gasteiger charge is -2.32. The first-order chi connectivity index (χ1) is 15.6. The van der Waals surface area contributed by atoms with E-state index in [4.69, 9.17) is 0 Å². The van der Waals surface area contributed by atoms with Crippen molar-refractivity contribution in [2.24, 2.45) is 5.92 Å². The molecule has 0 spiro atoms. The number of likely N-dealkylation sites (tertiary alicyclic amines) is 1. The summed E-state index contributed by atoms with van der Waals surface area (Å²) in [6.07, 6.45) is 1.49. The SMILES string of the molecule is Cc1csc(NC(=O)C2CCN(CC(=O)N(Cc3ccccc3)c3ccccc3)CC2)n1. The Balaban J connectivity index is 1.34. The standard InChI is InChI=1S/C25H28N4O2S/c1-19-18-32-25(26-19)27-24(31)21-12-14-28(15-13-21)17-23(30)29(22-10-6-3-7-11-22)16-20-8-4-2-5-9-20/h2-11,18,21H,12-17H2,1H3,(H,26,27,31). The fraction of sp³-hybridized carbons (Fsp3) is 0.320. The lowest BCUT2D eigenvalue weighted by Crippen LogP contribution is -2.44. The van der Waals surface area contributed by atoms with Crippen LogP contribution in [-0.2, 0) is 16.1 Å². The van der Waals surface area contributed by atoms with Gasteiger partial charge < -0.3 is 10.2 Å². The van der Waals surface area contributed by atoms with E-state index >= 15 is 0 Å². The first-order valence-electron chi connectivity index (χ1n) is 10.9. The quantitative estimate of drug-likeness (QED) is 0.584. The lowest BCUT2D eigenvalue weighted by molar-refractivity contribution is -0.122. The number of aryl methyl sites for hydroxylation is 1. The number of benzene rings is 2. The predicted molar refractivity (Wildman–Crippen MR) is 129 cm³/mol. The third-order valence-electron chi connectivity index (χ3n) is 5.72. The minimum Gasteiger partial charge on any atom is -0.307 e. The number of nitrogens with one attached hydrogen (secondary N) is 1. The number of carbonyl (C=O) groups excluding carboxylic acids is 2. The van der Waals surface area contributed by atoms with Crippen molar-refractivity contribution in [2.75, 3.05) is 29.9 Å². The maximum absolute atomic E-state index is 13.3. The lowest BCUT2D eigenvalue weighted by atomic mass is 9.96. The summed E-state index contributed by atoms with van der Waals surface area (Å²) < 4.78 is 0. The largest absolute Gasteiger partial charge is 0.307 e. The van der Waals surface area contributed by atoms with Crippen LogP contribution in [0.4, 0.5) is 10.8 Å². The van der Waals surface area contributed by atoms with Gasteiger partial charge in [0.1, 0.15) is 0 Å². The third-order valence-corrected chi connectivity index (χ3v) is 6.59. The fourth-order valence-electron chi connectivity index (χ4n) is 3.95. The van der Waals surface area contributed by atoms with Gasteiger partial charge in [-0.2, -0.15) is 0 Å². The summed E-state index contributed by atoms with van der Waals surface area (Å²) in [5.41, 5.74) is 2.91. The van der Waals surface area contributed by atoms with E-state index in [0.717, 1.165) is 42.9 Å². The van der Waals surface area contributed by atoms with Gasteiger partial charge in [0.05, 0.1) is 18.8 Å². The number of nitrogens with zero attached hydrogens (tertiary/aromatic N) is 3. The van der Waals surface area contributed by atoms with Gasteiger partial charge in [0, 0.05) is 17.0 Å². The van der Waals surface area contributed by atoms with Crippen molar-refractivity contribution >= 4 is 34.0 Å². The molecule has 3 aromatic rings. The van der Waals surface area contributed by atoms with E-state index in [0.29, 0.717) is 18.2 Å². The van der Waals surface area contributed by atoms with Crippen molar-refractivity contribution in [2.45, 2.75) is 26.3 Å². The van der Waals surface area contributed by atoms with Crippen LogP contribution < -0.4 is 10.2 Å². The molecule has 0 unspecified atom stereocenters. The van der Waals surface area contributed by atoms with Gasteiger partial charge in [-0.05, 0) is 50.6 Å². The van der Waals surface area contributed by atoms with E-state index in [9.17, 15) is 9.59 Å². The Morgan fingerprint density at radius 1 is 1.06 bits per heavy atom. The maximum atomic E-state index is 13.3. The number of aromatic nitrogens is 1. The molecule has 1 fully saturated rings. The van der Waals surface area contributed by atoms with Crippen LogP contribution in [-0.4, -0.2) is 41.3 Å². The van der Waals surface area contributed by atoms with Gasteiger partial charge >= 0.3 is 0 Å². The highest BCUT2D eigenvalue weighted by Crippen LogP contribution is 2.22. The van der Waals surface area contributed by atoms with Crippen molar-refractivity contribution in [3.8, 4) is 0 Å². The highest BCUT2D eigenvalue weighted by Gasteiger charge is 2.28. The maximum Gasteiger partial charge on any atom is 0.241 e. The summed E-state index contributed by atoms with van der Waals surface area (Å²) in [6.45, 7) is 4.26. The average Bonchev–Trinajstić information content (AvgIpc) is 3.23. The second-order valence-corrected chi connectivity index (χ2v) is 8.99. The van der Waals surface area contributed by atoms with Crippen LogP contribution in [0.2, 0.25) is 0 Å². The number of rotatable bonds is 7. The fourth-order valence-corrected chi connectivity index (χ4v) is 4.64. The van der Waals surface area contributed by atoms with Crippen LogP contribution in [0.15, 0.2) is 66.0 Å². The van der Waals surface area contributed by atoms with Crippen LogP contribution >= 0.6 is 11.3 Å². The number of para-hydroxylation sites is 1. The molecular formula is C25H28N4O2S. The molecule has 0 saturated carbocycles. The van der Waals surface area contributed by atoms with Crippen LogP contribution in [0, 0.1) is 12.8 Å². The molecule has 6 nitrogen and oxygen atoms in total. The van der Waals surface area contributed by atoms with Crippen molar-refractivity contribution in [3.63, 3.8) is 0 Å². The van der Waals surface area contributed by atoms with E-state index in [-0.39, 0.29) is 17.7 Å². The topological polar surface area (TPSA) is 65.5 Å². The summed E-state index contributed by atoms with van der Waals surface area (Å²) in [5, 5.41) is 5.52. The minimum atomic E-state index is -0.0416. The number of hydrogen-bond donors (Lipinski definition) is 1. The van der Waals surface area contributed by atoms with Gasteiger partial charge in [0.25, 0.3) is 0 Å². The van der Waals surface area contributed by atoms with E-state index in [1.165, 1.54) is 11.3 Å². The molecule has 7 heteroatoms. The number of carbonyl (C=O) groups is 2. The van der Waals surface area contributed by atoms with Crippen LogP contribution in [0.1, 0.15) is 24.1 Å². The summed E-state index contributed by atoms with van der Waals surface area (Å²) in [7, 11) is 0. The smallest absolute Gasteiger partial charge is 0.241 e. The van der Waals surface area contributed by atoms with Crippen molar-refractivity contribution in [1.29, 1.82) is 0 Å². The number of hydrogen-bond acceptors (Lipinski definition) is 5. The number of amides is 2. The zero-order valence-corrected chi connectivity index (χ0v) is 19.1. The number of anilines is 2. The Morgan fingerprint density at radius 2 is 1.72 bits per heavy atom. The molecule has 2 aromatic carbocycles. The Bertz CT molecular complexity index is 1030. The molecule has 2 amide bonds. The summed E-state index contributed by atoms with van der Waals surface area (Å²) in [5.74, 6) is 0.0571. The minimum absolute atomic E-state index is 0.0281. The van der Waals surface area contributed by atoms with Crippen LogP contribution in [0.5, 0.6) is 0 Å². The number of piperidine rings is 1. The van der Waals surface area contributed by atoms with Crippen LogP contribution in [0.3, 0.4) is 0 Å². The Kier molecular flexibility index (Phi) is 7.29. The molecule has 2 heterocycles.